The van der Waals surface area contributed by atoms with Gasteiger partial charge in [0.05, 0.1) is 5.56 Å². The van der Waals surface area contributed by atoms with Crippen LogP contribution in [0.25, 0.3) is 0 Å². The zero-order valence-electron chi connectivity index (χ0n) is 16.5. The van der Waals surface area contributed by atoms with E-state index in [1.54, 1.807) is 4.90 Å². The Kier molecular flexibility index (Phi) is 6.98. The van der Waals surface area contributed by atoms with Crippen molar-refractivity contribution in [3.05, 3.63) is 59.9 Å². The van der Waals surface area contributed by atoms with Crippen molar-refractivity contribution in [2.45, 2.75) is 19.0 Å². The minimum Gasteiger partial charge on any atom is -0.338 e. The highest BCUT2D eigenvalue weighted by Gasteiger charge is 2.30. The Hall–Kier alpha value is -3.30. The molecule has 31 heavy (non-hydrogen) atoms. The van der Waals surface area contributed by atoms with Gasteiger partial charge in [0.1, 0.15) is 5.82 Å². The third-order valence-electron chi connectivity index (χ3n) is 5.00. The van der Waals surface area contributed by atoms with Crippen molar-refractivity contribution in [1.29, 1.82) is 0 Å². The van der Waals surface area contributed by atoms with Crippen molar-refractivity contribution in [1.82, 2.24) is 10.2 Å². The van der Waals surface area contributed by atoms with Crippen molar-refractivity contribution in [3.8, 4) is 0 Å². The van der Waals surface area contributed by atoms with E-state index in [-0.39, 0.29) is 23.5 Å². The van der Waals surface area contributed by atoms with Crippen LogP contribution < -0.4 is 16.0 Å². The Morgan fingerprint density at radius 2 is 1.65 bits per heavy atom. The van der Waals surface area contributed by atoms with Crippen LogP contribution in [0.4, 0.5) is 38.5 Å². The zero-order chi connectivity index (χ0) is 22.4. The van der Waals surface area contributed by atoms with Gasteiger partial charge in [0.25, 0.3) is 0 Å². The van der Waals surface area contributed by atoms with E-state index >= 15 is 0 Å². The number of nitrogens with zero attached hydrogens (tertiary/aromatic N) is 1. The zero-order valence-corrected chi connectivity index (χ0v) is 16.5. The summed E-state index contributed by atoms with van der Waals surface area (Å²) in [6.45, 7) is 1.33. The number of alkyl halides is 3. The summed E-state index contributed by atoms with van der Waals surface area (Å²) < 4.78 is 51.2. The molecule has 10 heteroatoms. The second-order valence-electron chi connectivity index (χ2n) is 7.28. The number of hydrogen-bond donors (Lipinski definition) is 3. The molecule has 3 N–H and O–H groups in total. The second kappa shape index (κ2) is 9.67. The number of nitrogens with one attached hydrogen (secondary N) is 3. The fraction of sp³-hybridized carbons (Fsp3) is 0.333. The largest absolute Gasteiger partial charge is 0.416 e. The van der Waals surface area contributed by atoms with Crippen molar-refractivity contribution in [2.75, 3.05) is 30.3 Å². The lowest BCUT2D eigenvalue weighted by Crippen LogP contribution is -2.43. The molecule has 3 rings (SSSR count). The monoisotopic (exact) mass is 438 g/mol. The first-order valence-electron chi connectivity index (χ1n) is 9.74. The SMILES string of the molecule is O=C(NCC1CCN(C(=O)Nc2ccc(F)cc2)CC1)Nc1cccc(C(F)(F)F)c1. The molecule has 0 radical (unpaired) electrons. The molecule has 2 aromatic rings. The third-order valence-corrected chi connectivity index (χ3v) is 5.00. The number of anilines is 2. The summed E-state index contributed by atoms with van der Waals surface area (Å²) >= 11 is 0. The van der Waals surface area contributed by atoms with Gasteiger partial charge in [0, 0.05) is 31.0 Å². The van der Waals surface area contributed by atoms with Crippen LogP contribution in [0.2, 0.25) is 0 Å². The summed E-state index contributed by atoms with van der Waals surface area (Å²) in [5, 5.41) is 7.77. The van der Waals surface area contributed by atoms with Crippen LogP contribution in [0.1, 0.15) is 18.4 Å². The minimum absolute atomic E-state index is 0.0552. The lowest BCUT2D eigenvalue weighted by atomic mass is 9.97. The van der Waals surface area contributed by atoms with E-state index in [1.807, 2.05) is 0 Å². The van der Waals surface area contributed by atoms with E-state index in [0.717, 1.165) is 12.1 Å². The third kappa shape index (κ3) is 6.59. The standard InChI is InChI=1S/C21H22F4N4O2/c22-16-4-6-17(7-5-16)28-20(31)29-10-8-14(9-11-29)13-26-19(30)27-18-3-1-2-15(12-18)21(23,24)25/h1-7,12,14H,8-11,13H2,(H,28,31)(H2,26,27,30). The Morgan fingerprint density at radius 3 is 2.29 bits per heavy atom. The maximum Gasteiger partial charge on any atom is 0.416 e. The lowest BCUT2D eigenvalue weighted by Gasteiger charge is -2.32. The average Bonchev–Trinajstić information content (AvgIpc) is 2.74. The number of likely N-dealkylation sites (tertiary alicyclic amines) is 1. The molecule has 1 saturated heterocycles. The van der Waals surface area contributed by atoms with Crippen molar-refractivity contribution >= 4 is 23.4 Å². The van der Waals surface area contributed by atoms with E-state index in [0.29, 0.717) is 38.2 Å². The lowest BCUT2D eigenvalue weighted by molar-refractivity contribution is -0.137. The Bertz CT molecular complexity index is 910. The molecule has 0 saturated carbocycles. The van der Waals surface area contributed by atoms with Crippen molar-refractivity contribution in [3.63, 3.8) is 0 Å². The number of piperidine rings is 1. The van der Waals surface area contributed by atoms with Gasteiger partial charge in [-0.2, -0.15) is 13.2 Å². The van der Waals surface area contributed by atoms with E-state index in [4.69, 9.17) is 0 Å². The molecule has 6 nitrogen and oxygen atoms in total. The second-order valence-corrected chi connectivity index (χ2v) is 7.28. The maximum atomic E-state index is 12.9. The molecule has 1 heterocycles. The number of urea groups is 2. The topological polar surface area (TPSA) is 73.5 Å². The van der Waals surface area contributed by atoms with Crippen molar-refractivity contribution in [2.24, 2.45) is 5.92 Å². The molecule has 0 unspecified atom stereocenters. The van der Waals surface area contributed by atoms with Crippen LogP contribution in [0.15, 0.2) is 48.5 Å². The summed E-state index contributed by atoms with van der Waals surface area (Å²) in [7, 11) is 0. The smallest absolute Gasteiger partial charge is 0.338 e. The van der Waals surface area contributed by atoms with Gasteiger partial charge in [-0.15, -0.1) is 0 Å². The molecule has 0 aliphatic carbocycles. The Labute approximate surface area is 176 Å². The van der Waals surface area contributed by atoms with E-state index in [1.165, 1.54) is 36.4 Å². The number of carbonyl (C=O) groups excluding carboxylic acids is 2. The van der Waals surface area contributed by atoms with Gasteiger partial charge < -0.3 is 20.9 Å². The van der Waals surface area contributed by atoms with E-state index < -0.39 is 17.8 Å². The number of rotatable bonds is 4. The fourth-order valence-corrected chi connectivity index (χ4v) is 3.26. The first-order chi connectivity index (χ1) is 14.7. The molecule has 0 bridgehead atoms. The van der Waals surface area contributed by atoms with Gasteiger partial charge >= 0.3 is 18.2 Å². The number of halogens is 4. The molecule has 1 aliphatic heterocycles. The first kappa shape index (κ1) is 22.4. The Balaban J connectivity index is 1.40. The molecule has 0 aromatic heterocycles. The fourth-order valence-electron chi connectivity index (χ4n) is 3.26. The van der Waals surface area contributed by atoms with Crippen LogP contribution in [0, 0.1) is 11.7 Å². The molecule has 1 fully saturated rings. The van der Waals surface area contributed by atoms with Crippen molar-refractivity contribution < 1.29 is 27.2 Å². The number of hydrogen-bond acceptors (Lipinski definition) is 2. The van der Waals surface area contributed by atoms with Gasteiger partial charge in [0.2, 0.25) is 0 Å². The molecule has 1 aliphatic rings. The molecule has 0 atom stereocenters. The van der Waals surface area contributed by atoms with Gasteiger partial charge in [-0.05, 0) is 61.2 Å². The number of carbonyl (C=O) groups is 2. The maximum absolute atomic E-state index is 12.9. The molecule has 0 spiro atoms. The summed E-state index contributed by atoms with van der Waals surface area (Å²) in [4.78, 5) is 25.9. The molecule has 166 valence electrons. The highest BCUT2D eigenvalue weighted by atomic mass is 19.4. The number of amides is 4. The highest BCUT2D eigenvalue weighted by Crippen LogP contribution is 2.30. The van der Waals surface area contributed by atoms with Gasteiger partial charge in [-0.25, -0.2) is 14.0 Å². The normalized spacial score (nSPS) is 14.8. The first-order valence-corrected chi connectivity index (χ1v) is 9.74. The van der Waals surface area contributed by atoms with E-state index in [9.17, 15) is 27.2 Å². The molecule has 4 amide bonds. The predicted octanol–water partition coefficient (Wildman–Crippen LogP) is 4.91. The molecule has 2 aromatic carbocycles. The van der Waals surface area contributed by atoms with Crippen LogP contribution in [0.3, 0.4) is 0 Å². The van der Waals surface area contributed by atoms with Crippen LogP contribution >= 0.6 is 0 Å². The molecular weight excluding hydrogens is 416 g/mol. The minimum atomic E-state index is -4.48. The Morgan fingerprint density at radius 1 is 0.968 bits per heavy atom. The summed E-state index contributed by atoms with van der Waals surface area (Å²) in [6, 6.07) is 9.03. The quantitative estimate of drug-likeness (QED) is 0.594. The highest BCUT2D eigenvalue weighted by molar-refractivity contribution is 5.90. The average molecular weight is 438 g/mol. The van der Waals surface area contributed by atoms with Crippen LogP contribution in [-0.2, 0) is 6.18 Å². The van der Waals surface area contributed by atoms with Gasteiger partial charge in [-0.3, -0.25) is 0 Å². The summed E-state index contributed by atoms with van der Waals surface area (Å²) in [6.07, 6.45) is -3.15. The van der Waals surface area contributed by atoms with Gasteiger partial charge in [-0.1, -0.05) is 6.07 Å². The summed E-state index contributed by atoms with van der Waals surface area (Å²) in [5.74, 6) is -0.245. The van der Waals surface area contributed by atoms with Crippen LogP contribution in [-0.4, -0.2) is 36.6 Å². The van der Waals surface area contributed by atoms with Gasteiger partial charge in [0.15, 0.2) is 0 Å². The predicted molar refractivity (Wildman–Crippen MR) is 108 cm³/mol. The van der Waals surface area contributed by atoms with E-state index in [2.05, 4.69) is 16.0 Å². The number of benzene rings is 2. The van der Waals surface area contributed by atoms with Crippen LogP contribution in [0.5, 0.6) is 0 Å². The molecular formula is C21H22F4N4O2. The summed E-state index contributed by atoms with van der Waals surface area (Å²) in [5.41, 5.74) is -0.280.